The molecule has 0 saturated heterocycles. The zero-order valence-corrected chi connectivity index (χ0v) is 8.89. The first-order valence-corrected chi connectivity index (χ1v) is 4.48. The van der Waals surface area contributed by atoms with Crippen LogP contribution in [0.25, 0.3) is 5.57 Å². The average molecular weight is 211 g/mol. The molecule has 0 unspecified atom stereocenters. The van der Waals surface area contributed by atoms with Gasteiger partial charge in [0.15, 0.2) is 0 Å². The second-order valence-electron chi connectivity index (χ2n) is 2.97. The fraction of sp³-hybridized carbons (Fsp3) is 0.182. The Morgan fingerprint density at radius 1 is 1.50 bits per heavy atom. The van der Waals surface area contributed by atoms with E-state index in [1.54, 1.807) is 12.1 Å². The number of hydrogen-bond acceptors (Lipinski definition) is 2. The van der Waals surface area contributed by atoms with Crippen LogP contribution in [0, 0.1) is 0 Å². The summed E-state index contributed by atoms with van der Waals surface area (Å²) in [6, 6.07) is 5.16. The summed E-state index contributed by atoms with van der Waals surface area (Å²) in [5.74, 6) is -0.432. The van der Waals surface area contributed by atoms with Crippen molar-refractivity contribution < 1.29 is 9.53 Å². The van der Waals surface area contributed by atoms with E-state index in [9.17, 15) is 4.79 Å². The Bertz CT molecular complexity index is 383. The Kier molecular flexibility index (Phi) is 3.31. The normalized spacial score (nSPS) is 9.64. The molecule has 0 N–H and O–H groups in total. The number of ether oxygens (including phenoxy) is 1. The topological polar surface area (TPSA) is 26.3 Å². The zero-order chi connectivity index (χ0) is 10.7. The summed E-state index contributed by atoms with van der Waals surface area (Å²) < 4.78 is 4.60. The van der Waals surface area contributed by atoms with Crippen LogP contribution in [0.4, 0.5) is 0 Å². The highest BCUT2D eigenvalue weighted by atomic mass is 35.5. The fourth-order valence-electron chi connectivity index (χ4n) is 1.06. The van der Waals surface area contributed by atoms with Crippen LogP contribution in [-0.2, 0) is 4.74 Å². The van der Waals surface area contributed by atoms with Crippen molar-refractivity contribution in [1.82, 2.24) is 0 Å². The van der Waals surface area contributed by atoms with E-state index in [1.807, 2.05) is 13.0 Å². The molecule has 1 rings (SSSR count). The maximum absolute atomic E-state index is 11.3. The van der Waals surface area contributed by atoms with Gasteiger partial charge in [0.2, 0.25) is 0 Å². The number of halogens is 1. The van der Waals surface area contributed by atoms with Gasteiger partial charge in [0, 0.05) is 0 Å². The van der Waals surface area contributed by atoms with Gasteiger partial charge >= 0.3 is 5.97 Å². The highest BCUT2D eigenvalue weighted by molar-refractivity contribution is 6.33. The van der Waals surface area contributed by atoms with Crippen molar-refractivity contribution in [2.75, 3.05) is 7.11 Å². The van der Waals surface area contributed by atoms with Crippen LogP contribution in [0.15, 0.2) is 24.8 Å². The Labute approximate surface area is 88.1 Å². The third kappa shape index (κ3) is 2.15. The third-order valence-corrected chi connectivity index (χ3v) is 2.19. The predicted molar refractivity (Wildman–Crippen MR) is 57.5 cm³/mol. The number of allylic oxidation sites excluding steroid dienone is 1. The van der Waals surface area contributed by atoms with E-state index in [-0.39, 0.29) is 0 Å². The van der Waals surface area contributed by atoms with E-state index < -0.39 is 5.97 Å². The van der Waals surface area contributed by atoms with Crippen molar-refractivity contribution in [2.24, 2.45) is 0 Å². The highest BCUT2D eigenvalue weighted by Gasteiger charge is 2.11. The van der Waals surface area contributed by atoms with Crippen molar-refractivity contribution in [2.45, 2.75) is 6.92 Å². The van der Waals surface area contributed by atoms with Crippen LogP contribution in [0.2, 0.25) is 5.02 Å². The summed E-state index contributed by atoms with van der Waals surface area (Å²) >= 11 is 5.84. The third-order valence-electron chi connectivity index (χ3n) is 1.86. The number of esters is 1. The number of rotatable bonds is 2. The second kappa shape index (κ2) is 4.29. The van der Waals surface area contributed by atoms with E-state index in [2.05, 4.69) is 11.3 Å². The molecule has 1 aromatic carbocycles. The van der Waals surface area contributed by atoms with Crippen molar-refractivity contribution >= 4 is 23.1 Å². The average Bonchev–Trinajstić information content (AvgIpc) is 2.17. The van der Waals surface area contributed by atoms with E-state index in [0.29, 0.717) is 10.6 Å². The van der Waals surface area contributed by atoms with Gasteiger partial charge < -0.3 is 4.74 Å². The lowest BCUT2D eigenvalue weighted by molar-refractivity contribution is 0.0601. The molecule has 1 aromatic rings. The van der Waals surface area contributed by atoms with Gasteiger partial charge in [0.05, 0.1) is 17.7 Å². The number of carbonyl (C=O) groups excluding carboxylic acids is 1. The van der Waals surface area contributed by atoms with E-state index >= 15 is 0 Å². The zero-order valence-electron chi connectivity index (χ0n) is 8.13. The van der Waals surface area contributed by atoms with Crippen LogP contribution in [0.3, 0.4) is 0 Å². The molecule has 0 amide bonds. The van der Waals surface area contributed by atoms with Gasteiger partial charge in [-0.3, -0.25) is 0 Å². The molecule has 0 atom stereocenters. The molecular weight excluding hydrogens is 200 g/mol. The summed E-state index contributed by atoms with van der Waals surface area (Å²) in [4.78, 5) is 11.3. The van der Waals surface area contributed by atoms with Gasteiger partial charge in [-0.15, -0.1) is 0 Å². The molecule has 0 spiro atoms. The molecule has 0 fully saturated rings. The first-order valence-electron chi connectivity index (χ1n) is 4.10. The van der Waals surface area contributed by atoms with E-state index in [1.165, 1.54) is 7.11 Å². The molecule has 0 aliphatic rings. The Morgan fingerprint density at radius 3 is 2.64 bits per heavy atom. The molecule has 0 aromatic heterocycles. The highest BCUT2D eigenvalue weighted by Crippen LogP contribution is 2.21. The van der Waals surface area contributed by atoms with Gasteiger partial charge in [-0.1, -0.05) is 29.8 Å². The Balaban J connectivity index is 3.21. The quantitative estimate of drug-likeness (QED) is 0.701. The SMILES string of the molecule is C=C(C)c1ccc(Cl)c(C(=O)OC)c1. The Morgan fingerprint density at radius 2 is 2.14 bits per heavy atom. The minimum Gasteiger partial charge on any atom is -0.465 e. The van der Waals surface area contributed by atoms with Crippen molar-refractivity contribution in [1.29, 1.82) is 0 Å². The predicted octanol–water partition coefficient (Wildman–Crippen LogP) is 3.16. The number of hydrogen-bond donors (Lipinski definition) is 0. The number of benzene rings is 1. The summed E-state index contributed by atoms with van der Waals surface area (Å²) in [7, 11) is 1.33. The van der Waals surface area contributed by atoms with E-state index in [0.717, 1.165) is 11.1 Å². The standard InChI is InChI=1S/C11H11ClO2/c1-7(2)8-4-5-10(12)9(6-8)11(13)14-3/h4-6H,1H2,2-3H3. The monoisotopic (exact) mass is 210 g/mol. The lowest BCUT2D eigenvalue weighted by Gasteiger charge is -2.05. The van der Waals surface area contributed by atoms with Crippen molar-refractivity contribution in [3.63, 3.8) is 0 Å². The fourth-order valence-corrected chi connectivity index (χ4v) is 1.25. The molecule has 0 radical (unpaired) electrons. The van der Waals surface area contributed by atoms with Crippen LogP contribution in [0.5, 0.6) is 0 Å². The molecule has 14 heavy (non-hydrogen) atoms. The summed E-state index contributed by atoms with van der Waals surface area (Å²) in [5, 5.41) is 0.391. The van der Waals surface area contributed by atoms with Gasteiger partial charge in [-0.05, 0) is 24.6 Å². The molecule has 0 bridgehead atoms. The Hall–Kier alpha value is -1.28. The van der Waals surface area contributed by atoms with Gasteiger partial charge in [-0.2, -0.15) is 0 Å². The summed E-state index contributed by atoms with van der Waals surface area (Å²) in [6.07, 6.45) is 0. The van der Waals surface area contributed by atoms with Gasteiger partial charge in [-0.25, -0.2) is 4.79 Å². The second-order valence-corrected chi connectivity index (χ2v) is 3.37. The van der Waals surface area contributed by atoms with Gasteiger partial charge in [0.25, 0.3) is 0 Å². The van der Waals surface area contributed by atoms with Crippen LogP contribution >= 0.6 is 11.6 Å². The summed E-state index contributed by atoms with van der Waals surface area (Å²) in [6.45, 7) is 5.65. The lowest BCUT2D eigenvalue weighted by atomic mass is 10.1. The van der Waals surface area contributed by atoms with Crippen LogP contribution in [-0.4, -0.2) is 13.1 Å². The number of carbonyl (C=O) groups is 1. The maximum Gasteiger partial charge on any atom is 0.339 e. The maximum atomic E-state index is 11.3. The minimum atomic E-state index is -0.432. The largest absolute Gasteiger partial charge is 0.465 e. The molecule has 0 aliphatic heterocycles. The van der Waals surface area contributed by atoms with Crippen molar-refractivity contribution in [3.8, 4) is 0 Å². The first-order chi connectivity index (χ1) is 6.56. The van der Waals surface area contributed by atoms with Crippen LogP contribution in [0.1, 0.15) is 22.8 Å². The molecular formula is C11H11ClO2. The molecule has 0 saturated carbocycles. The first kappa shape index (κ1) is 10.8. The van der Waals surface area contributed by atoms with Gasteiger partial charge in [0.1, 0.15) is 0 Å². The van der Waals surface area contributed by atoms with Crippen LogP contribution < -0.4 is 0 Å². The molecule has 2 nitrogen and oxygen atoms in total. The summed E-state index contributed by atoms with van der Waals surface area (Å²) in [5.41, 5.74) is 2.14. The molecule has 0 aliphatic carbocycles. The molecule has 3 heteroatoms. The van der Waals surface area contributed by atoms with Crippen molar-refractivity contribution in [3.05, 3.63) is 40.9 Å². The van der Waals surface area contributed by atoms with E-state index in [4.69, 9.17) is 11.6 Å². The number of methoxy groups -OCH3 is 1. The molecule has 0 heterocycles. The lowest BCUT2D eigenvalue weighted by Crippen LogP contribution is -2.02. The molecule has 74 valence electrons. The minimum absolute atomic E-state index is 0.370. The smallest absolute Gasteiger partial charge is 0.339 e.